The molecule has 4 nitrogen and oxygen atoms in total. The number of benzene rings is 9. The Morgan fingerprint density at radius 3 is 1.61 bits per heavy atom. The maximum atomic E-state index is 6.88. The van der Waals surface area contributed by atoms with E-state index in [0.29, 0.717) is 0 Å². The van der Waals surface area contributed by atoms with Crippen molar-refractivity contribution in [2.45, 2.75) is 12.3 Å². The number of hydrogen-bond acceptors (Lipinski definition) is 4. The molecule has 62 heavy (non-hydrogen) atoms. The van der Waals surface area contributed by atoms with Crippen molar-refractivity contribution < 1.29 is 8.83 Å². The van der Waals surface area contributed by atoms with Gasteiger partial charge in [-0.3, -0.25) is 0 Å². The van der Waals surface area contributed by atoms with Gasteiger partial charge in [-0.25, -0.2) is 0 Å². The van der Waals surface area contributed by atoms with Crippen molar-refractivity contribution in [2.24, 2.45) is 0 Å². The summed E-state index contributed by atoms with van der Waals surface area (Å²) in [4.78, 5) is 4.61. The van der Waals surface area contributed by atoms with E-state index in [-0.39, 0.29) is 5.92 Å². The molecular weight excluding hydrogens is 757 g/mol. The minimum absolute atomic E-state index is 0.125. The van der Waals surface area contributed by atoms with Gasteiger partial charge < -0.3 is 18.6 Å². The zero-order valence-corrected chi connectivity index (χ0v) is 33.9. The zero-order chi connectivity index (χ0) is 41.0. The van der Waals surface area contributed by atoms with E-state index in [1.54, 1.807) is 0 Å². The van der Waals surface area contributed by atoms with Gasteiger partial charge in [0.15, 0.2) is 0 Å². The summed E-state index contributed by atoms with van der Waals surface area (Å²) in [6.07, 6.45) is 5.58. The lowest BCUT2D eigenvalue weighted by Crippen LogP contribution is -2.29. The fraction of sp³-hybridized carbons (Fsp3) is 0.0345. The van der Waals surface area contributed by atoms with E-state index in [4.69, 9.17) is 8.83 Å². The average molecular weight is 797 g/mol. The molecule has 2 heterocycles. The Hall–Kier alpha value is -8.08. The Balaban J connectivity index is 0.877. The van der Waals surface area contributed by atoms with Crippen LogP contribution in [0, 0.1) is 0 Å². The molecule has 1 atom stereocenters. The Kier molecular flexibility index (Phi) is 8.60. The third-order valence-electron chi connectivity index (χ3n) is 12.3. The molecule has 0 amide bonds. The van der Waals surface area contributed by atoms with Crippen LogP contribution in [-0.4, -0.2) is 0 Å². The summed E-state index contributed by atoms with van der Waals surface area (Å²) in [6, 6.07) is 75.2. The number of furan rings is 2. The molecule has 12 rings (SSSR count). The van der Waals surface area contributed by atoms with Gasteiger partial charge in [0.1, 0.15) is 22.7 Å². The first-order valence-corrected chi connectivity index (χ1v) is 21.3. The smallest absolute Gasteiger partial charge is 0.142 e. The molecule has 1 aliphatic rings. The van der Waals surface area contributed by atoms with Gasteiger partial charge in [0, 0.05) is 61.8 Å². The number of hydrogen-bond donors (Lipinski definition) is 0. The van der Waals surface area contributed by atoms with E-state index in [2.05, 4.69) is 234 Å². The van der Waals surface area contributed by atoms with Crippen LogP contribution in [0.2, 0.25) is 0 Å². The summed E-state index contributed by atoms with van der Waals surface area (Å²) < 4.78 is 13.5. The molecule has 4 heteroatoms. The van der Waals surface area contributed by atoms with E-state index in [0.717, 1.165) is 101 Å². The number of fused-ring (bicyclic) bond motifs is 7. The molecule has 0 N–H and O–H groups in total. The molecule has 0 aliphatic heterocycles. The predicted octanol–water partition coefficient (Wildman–Crippen LogP) is 14.8. The Labute approximate surface area is 359 Å². The highest BCUT2D eigenvalue weighted by Crippen LogP contribution is 2.41. The summed E-state index contributed by atoms with van der Waals surface area (Å²) in [7, 11) is 0. The van der Waals surface area contributed by atoms with Crippen molar-refractivity contribution in [3.8, 4) is 11.3 Å². The second-order valence-corrected chi connectivity index (χ2v) is 16.1. The monoisotopic (exact) mass is 796 g/mol. The molecule has 0 bridgehead atoms. The zero-order valence-electron chi connectivity index (χ0n) is 33.9. The predicted molar refractivity (Wildman–Crippen MR) is 258 cm³/mol. The second-order valence-electron chi connectivity index (χ2n) is 16.1. The van der Waals surface area contributed by atoms with E-state index >= 15 is 0 Å². The van der Waals surface area contributed by atoms with E-state index in [1.165, 1.54) is 10.4 Å². The van der Waals surface area contributed by atoms with E-state index in [1.807, 2.05) is 0 Å². The molecule has 2 aromatic heterocycles. The van der Waals surface area contributed by atoms with Gasteiger partial charge in [0.2, 0.25) is 0 Å². The number of anilines is 6. The summed E-state index contributed by atoms with van der Waals surface area (Å²) >= 11 is 0. The Morgan fingerprint density at radius 1 is 0.403 bits per heavy atom. The van der Waals surface area contributed by atoms with Gasteiger partial charge in [0.05, 0.1) is 0 Å². The summed E-state index contributed by atoms with van der Waals surface area (Å²) in [5.41, 5.74) is 9.52. The fourth-order valence-electron chi connectivity index (χ4n) is 9.26. The van der Waals surface area contributed by atoms with Crippen LogP contribution < -0.4 is 20.2 Å². The SMILES string of the molecule is C1=c2ccc(N(c3ccccc3)c3ccccc3)cc2=CCC1c1cc2ccc3ccc4oc(-c5ccc6cc(N(c7ccccc7)c7ccccc7)ccc6c5)cc4c3c2o1. The molecule has 0 saturated carbocycles. The van der Waals surface area contributed by atoms with Gasteiger partial charge in [-0.2, -0.15) is 0 Å². The number of rotatable bonds is 8. The van der Waals surface area contributed by atoms with Gasteiger partial charge >= 0.3 is 0 Å². The fourth-order valence-corrected chi connectivity index (χ4v) is 9.26. The van der Waals surface area contributed by atoms with Gasteiger partial charge in [-0.15, -0.1) is 0 Å². The molecule has 9 aromatic carbocycles. The van der Waals surface area contributed by atoms with Crippen LogP contribution >= 0.6 is 0 Å². The molecule has 1 aliphatic carbocycles. The molecule has 0 radical (unpaired) electrons. The van der Waals surface area contributed by atoms with Crippen LogP contribution in [0.3, 0.4) is 0 Å². The highest BCUT2D eigenvalue weighted by atomic mass is 16.3. The number of nitrogens with zero attached hydrogens (tertiary/aromatic N) is 2. The van der Waals surface area contributed by atoms with Gasteiger partial charge in [-0.1, -0.05) is 127 Å². The third-order valence-corrected chi connectivity index (χ3v) is 12.3. The average Bonchev–Trinajstić information content (AvgIpc) is 3.98. The van der Waals surface area contributed by atoms with Crippen molar-refractivity contribution in [3.05, 3.63) is 229 Å². The van der Waals surface area contributed by atoms with Crippen LogP contribution in [0.4, 0.5) is 34.1 Å². The van der Waals surface area contributed by atoms with Crippen molar-refractivity contribution in [2.75, 3.05) is 9.80 Å². The molecule has 0 fully saturated rings. The first-order chi connectivity index (χ1) is 30.7. The van der Waals surface area contributed by atoms with E-state index in [9.17, 15) is 0 Å². The van der Waals surface area contributed by atoms with Gasteiger partial charge in [0.25, 0.3) is 0 Å². The lowest BCUT2D eigenvalue weighted by Gasteiger charge is -2.25. The molecular formula is C58H40N2O2. The molecule has 0 saturated heterocycles. The topological polar surface area (TPSA) is 32.8 Å². The first-order valence-electron chi connectivity index (χ1n) is 21.3. The van der Waals surface area contributed by atoms with Crippen molar-refractivity contribution >= 4 is 89.8 Å². The van der Waals surface area contributed by atoms with E-state index < -0.39 is 0 Å². The maximum absolute atomic E-state index is 6.88. The standard InChI is InChI=1S/C58H40N2O2/c1-5-13-47(14-6-1)59(48-15-7-2-8-16-48)51-30-27-40-33-44(24-22-42(40)35-51)55-37-46-26-21-39-29-32-54-53(57(39)58(46)62-55)38-56(61-54)45-25-23-43-36-52(31-28-41(43)34-45)60(49-17-9-3-10-18-49)50-19-11-4-12-20-50/h1-23,25-38,44H,24H2. The van der Waals surface area contributed by atoms with Gasteiger partial charge in [-0.05, 0) is 130 Å². The second kappa shape index (κ2) is 14.9. The normalized spacial score (nSPS) is 13.5. The largest absolute Gasteiger partial charge is 0.460 e. The summed E-state index contributed by atoms with van der Waals surface area (Å²) in [5.74, 6) is 1.93. The number of para-hydroxylation sites is 4. The summed E-state index contributed by atoms with van der Waals surface area (Å²) in [5, 5.41) is 9.13. The highest BCUT2D eigenvalue weighted by Gasteiger charge is 2.21. The van der Waals surface area contributed by atoms with Crippen LogP contribution in [0.15, 0.2) is 221 Å². The van der Waals surface area contributed by atoms with Crippen molar-refractivity contribution in [1.82, 2.24) is 0 Å². The quantitative estimate of drug-likeness (QED) is 0.153. The third kappa shape index (κ3) is 6.32. The van der Waals surface area contributed by atoms with Crippen LogP contribution in [0.25, 0.3) is 67.0 Å². The maximum Gasteiger partial charge on any atom is 0.142 e. The summed E-state index contributed by atoms with van der Waals surface area (Å²) in [6.45, 7) is 0. The van der Waals surface area contributed by atoms with Crippen molar-refractivity contribution in [1.29, 1.82) is 0 Å². The lowest BCUT2D eigenvalue weighted by molar-refractivity contribution is 0.538. The first kappa shape index (κ1) is 35.8. The Bertz CT molecular complexity index is 3480. The van der Waals surface area contributed by atoms with Crippen LogP contribution in [-0.2, 0) is 0 Å². The Morgan fingerprint density at radius 2 is 0.952 bits per heavy atom. The minimum atomic E-state index is 0.125. The highest BCUT2D eigenvalue weighted by molar-refractivity contribution is 6.18. The minimum Gasteiger partial charge on any atom is -0.460 e. The molecule has 1 unspecified atom stereocenters. The molecule has 0 spiro atoms. The molecule has 294 valence electrons. The van der Waals surface area contributed by atoms with Crippen LogP contribution in [0.5, 0.6) is 0 Å². The lowest BCUT2D eigenvalue weighted by atomic mass is 9.94. The van der Waals surface area contributed by atoms with Crippen molar-refractivity contribution in [3.63, 3.8) is 0 Å². The van der Waals surface area contributed by atoms with Crippen LogP contribution in [0.1, 0.15) is 18.1 Å². The molecule has 11 aromatic rings.